The average molecular weight is 236 g/mol. The van der Waals surface area contributed by atoms with Crippen molar-refractivity contribution in [1.82, 2.24) is 9.55 Å². The van der Waals surface area contributed by atoms with Gasteiger partial charge >= 0.3 is 0 Å². The fourth-order valence-corrected chi connectivity index (χ4v) is 1.81. The van der Waals surface area contributed by atoms with Crippen molar-refractivity contribution in [3.8, 4) is 0 Å². The van der Waals surface area contributed by atoms with Gasteiger partial charge in [0.2, 0.25) is 0 Å². The number of aromatic nitrogens is 2. The van der Waals surface area contributed by atoms with Crippen molar-refractivity contribution in [3.63, 3.8) is 0 Å². The van der Waals surface area contributed by atoms with Crippen LogP contribution in [0.25, 0.3) is 0 Å². The van der Waals surface area contributed by atoms with Crippen LogP contribution in [0.1, 0.15) is 29.2 Å². The molecule has 17 heavy (non-hydrogen) atoms. The third-order valence-electron chi connectivity index (χ3n) is 2.87. The van der Waals surface area contributed by atoms with E-state index in [9.17, 15) is 8.78 Å². The van der Waals surface area contributed by atoms with Gasteiger partial charge in [0, 0.05) is 12.2 Å². The second kappa shape index (κ2) is 4.65. The molecule has 1 aromatic carbocycles. The van der Waals surface area contributed by atoms with Gasteiger partial charge in [0.1, 0.15) is 0 Å². The smallest absolute Gasteiger partial charge is 0.295 e. The molecule has 0 unspecified atom stereocenters. The molecule has 1 heterocycles. The summed E-state index contributed by atoms with van der Waals surface area (Å²) in [6, 6.07) is 9.55. The molecule has 1 aromatic heterocycles. The summed E-state index contributed by atoms with van der Waals surface area (Å²) in [6.07, 6.45) is -2.54. The normalized spacial score (nSPS) is 11.1. The number of nitrogens with zero attached hydrogens (tertiary/aromatic N) is 2. The summed E-state index contributed by atoms with van der Waals surface area (Å²) < 4.78 is 27.3. The Morgan fingerprint density at radius 1 is 1.18 bits per heavy atom. The van der Waals surface area contributed by atoms with Crippen molar-refractivity contribution >= 4 is 0 Å². The van der Waals surface area contributed by atoms with Crippen molar-refractivity contribution < 1.29 is 8.78 Å². The Kier molecular flexibility index (Phi) is 3.22. The summed E-state index contributed by atoms with van der Waals surface area (Å²) in [5, 5.41) is 0. The minimum absolute atomic E-state index is 0.149. The number of hydrogen-bond donors (Lipinski definition) is 0. The van der Waals surface area contributed by atoms with Crippen LogP contribution in [0.2, 0.25) is 0 Å². The molecule has 0 N–H and O–H groups in total. The highest BCUT2D eigenvalue weighted by molar-refractivity contribution is 5.20. The predicted molar refractivity (Wildman–Crippen MR) is 62.2 cm³/mol. The molecule has 0 radical (unpaired) electrons. The highest BCUT2D eigenvalue weighted by Gasteiger charge is 2.18. The van der Waals surface area contributed by atoms with Crippen molar-refractivity contribution in [3.05, 3.63) is 53.1 Å². The van der Waals surface area contributed by atoms with Gasteiger partial charge in [0.15, 0.2) is 5.82 Å². The van der Waals surface area contributed by atoms with Gasteiger partial charge in [-0.25, -0.2) is 13.8 Å². The van der Waals surface area contributed by atoms with Gasteiger partial charge in [-0.05, 0) is 19.4 Å². The molecule has 0 saturated heterocycles. The molecule has 0 aliphatic carbocycles. The fourth-order valence-electron chi connectivity index (χ4n) is 1.81. The van der Waals surface area contributed by atoms with Crippen LogP contribution in [-0.4, -0.2) is 9.55 Å². The molecule has 0 spiro atoms. The topological polar surface area (TPSA) is 17.8 Å². The molecule has 0 atom stereocenters. The summed E-state index contributed by atoms with van der Waals surface area (Å²) in [5.74, 6) is -0.149. The summed E-state index contributed by atoms with van der Waals surface area (Å²) in [5.41, 5.74) is 2.45. The van der Waals surface area contributed by atoms with Gasteiger partial charge in [-0.15, -0.1) is 0 Å². The highest BCUT2D eigenvalue weighted by atomic mass is 19.3. The molecule has 4 heteroatoms. The van der Waals surface area contributed by atoms with Crippen LogP contribution < -0.4 is 0 Å². The quantitative estimate of drug-likeness (QED) is 0.797. The van der Waals surface area contributed by atoms with E-state index in [2.05, 4.69) is 4.98 Å². The second-order valence-corrected chi connectivity index (χ2v) is 4.01. The molecule has 90 valence electrons. The maximum absolute atomic E-state index is 12.8. The molecular formula is C13H14F2N2. The third-order valence-corrected chi connectivity index (χ3v) is 2.87. The number of benzene rings is 1. The van der Waals surface area contributed by atoms with Gasteiger partial charge < -0.3 is 4.57 Å². The lowest BCUT2D eigenvalue weighted by atomic mass is 10.2. The molecule has 0 fully saturated rings. The van der Waals surface area contributed by atoms with E-state index in [-0.39, 0.29) is 5.82 Å². The van der Waals surface area contributed by atoms with Crippen LogP contribution in [0.4, 0.5) is 8.78 Å². The number of halogens is 2. The third kappa shape index (κ3) is 2.35. The average Bonchev–Trinajstić information content (AvgIpc) is 2.59. The monoisotopic (exact) mass is 236 g/mol. The molecule has 2 aromatic rings. The lowest BCUT2D eigenvalue weighted by Crippen LogP contribution is -2.07. The van der Waals surface area contributed by atoms with Crippen molar-refractivity contribution in [2.75, 3.05) is 0 Å². The standard InChI is InChI=1S/C13H14F2N2/c1-9-10(2)17(13(16-9)12(14)15)8-11-6-4-3-5-7-11/h3-7,12H,8H2,1-2H3. The first-order valence-corrected chi connectivity index (χ1v) is 5.45. The summed E-state index contributed by atoms with van der Waals surface area (Å²) in [7, 11) is 0. The fraction of sp³-hybridized carbons (Fsp3) is 0.308. The Hall–Kier alpha value is -1.71. The van der Waals surface area contributed by atoms with E-state index in [1.54, 1.807) is 11.5 Å². The van der Waals surface area contributed by atoms with E-state index in [0.29, 0.717) is 12.2 Å². The first kappa shape index (κ1) is 11.8. The van der Waals surface area contributed by atoms with Crippen LogP contribution in [0.15, 0.2) is 30.3 Å². The lowest BCUT2D eigenvalue weighted by molar-refractivity contribution is 0.135. The number of hydrogen-bond acceptors (Lipinski definition) is 1. The van der Waals surface area contributed by atoms with E-state index in [0.717, 1.165) is 11.3 Å². The number of rotatable bonds is 3. The first-order chi connectivity index (χ1) is 8.09. The minimum Gasteiger partial charge on any atom is -0.323 e. The zero-order valence-electron chi connectivity index (χ0n) is 9.82. The Morgan fingerprint density at radius 3 is 2.41 bits per heavy atom. The highest BCUT2D eigenvalue weighted by Crippen LogP contribution is 2.22. The predicted octanol–water partition coefficient (Wildman–Crippen LogP) is 3.49. The van der Waals surface area contributed by atoms with E-state index in [1.807, 2.05) is 37.3 Å². The Bertz CT molecular complexity index is 504. The van der Waals surface area contributed by atoms with Crippen LogP contribution in [0.3, 0.4) is 0 Å². The van der Waals surface area contributed by atoms with Crippen molar-refractivity contribution in [2.45, 2.75) is 26.8 Å². The van der Waals surface area contributed by atoms with Gasteiger partial charge in [0.25, 0.3) is 6.43 Å². The Morgan fingerprint density at radius 2 is 1.82 bits per heavy atom. The van der Waals surface area contributed by atoms with Gasteiger partial charge in [-0.1, -0.05) is 30.3 Å². The number of imidazole rings is 1. The minimum atomic E-state index is -2.54. The van der Waals surface area contributed by atoms with E-state index >= 15 is 0 Å². The second-order valence-electron chi connectivity index (χ2n) is 4.01. The summed E-state index contributed by atoms with van der Waals surface area (Å²) in [6.45, 7) is 4.01. The maximum atomic E-state index is 12.8. The van der Waals surface area contributed by atoms with Crippen molar-refractivity contribution in [1.29, 1.82) is 0 Å². The lowest BCUT2D eigenvalue weighted by Gasteiger charge is -2.09. The van der Waals surface area contributed by atoms with E-state index in [1.165, 1.54) is 0 Å². The van der Waals surface area contributed by atoms with Gasteiger partial charge in [-0.2, -0.15) is 0 Å². The molecule has 0 aliphatic heterocycles. The Balaban J connectivity index is 2.38. The van der Waals surface area contributed by atoms with Crippen LogP contribution in [0.5, 0.6) is 0 Å². The van der Waals surface area contributed by atoms with Gasteiger partial charge in [-0.3, -0.25) is 0 Å². The molecule has 0 amide bonds. The van der Waals surface area contributed by atoms with Crippen LogP contribution in [0, 0.1) is 13.8 Å². The molecule has 0 saturated carbocycles. The Labute approximate surface area is 98.9 Å². The van der Waals surface area contributed by atoms with E-state index < -0.39 is 6.43 Å². The van der Waals surface area contributed by atoms with Gasteiger partial charge in [0.05, 0.1) is 5.69 Å². The first-order valence-electron chi connectivity index (χ1n) is 5.45. The maximum Gasteiger partial charge on any atom is 0.295 e. The van der Waals surface area contributed by atoms with Crippen LogP contribution in [-0.2, 0) is 6.54 Å². The number of alkyl halides is 2. The SMILES string of the molecule is Cc1nc(C(F)F)n(Cc2ccccc2)c1C. The molecular weight excluding hydrogens is 222 g/mol. The molecule has 0 bridgehead atoms. The van der Waals surface area contributed by atoms with Crippen molar-refractivity contribution in [2.24, 2.45) is 0 Å². The molecule has 2 rings (SSSR count). The zero-order valence-corrected chi connectivity index (χ0v) is 9.82. The number of aryl methyl sites for hydroxylation is 1. The summed E-state index contributed by atoms with van der Waals surface area (Å²) in [4.78, 5) is 3.92. The molecule has 2 nitrogen and oxygen atoms in total. The largest absolute Gasteiger partial charge is 0.323 e. The molecule has 0 aliphatic rings. The van der Waals surface area contributed by atoms with E-state index in [4.69, 9.17) is 0 Å². The summed E-state index contributed by atoms with van der Waals surface area (Å²) >= 11 is 0. The zero-order chi connectivity index (χ0) is 12.4. The van der Waals surface area contributed by atoms with Crippen LogP contribution >= 0.6 is 0 Å².